The predicted octanol–water partition coefficient (Wildman–Crippen LogP) is 3.33. The number of phenolic OH excluding ortho intramolecular Hbond substituents is 1. The number of imidazole rings is 1. The molecule has 8 nitrogen and oxygen atoms in total. The Balaban J connectivity index is 1.40. The minimum atomic E-state index is 0.00749. The fourth-order valence-corrected chi connectivity index (χ4v) is 4.33. The van der Waals surface area contributed by atoms with Crippen LogP contribution in [-0.4, -0.2) is 62.8 Å². The van der Waals surface area contributed by atoms with Crippen molar-refractivity contribution in [3.63, 3.8) is 0 Å². The number of rotatable bonds is 6. The van der Waals surface area contributed by atoms with Crippen molar-refractivity contribution in [2.75, 3.05) is 26.7 Å². The highest BCUT2D eigenvalue weighted by molar-refractivity contribution is 5.94. The van der Waals surface area contributed by atoms with Gasteiger partial charge in [-0.05, 0) is 52.9 Å². The Morgan fingerprint density at radius 3 is 2.94 bits per heavy atom. The Morgan fingerprint density at radius 2 is 2.12 bits per heavy atom. The van der Waals surface area contributed by atoms with E-state index in [4.69, 9.17) is 4.98 Å². The number of amides is 1. The molecule has 3 heterocycles. The molecule has 4 aromatic rings. The molecule has 0 saturated carbocycles. The summed E-state index contributed by atoms with van der Waals surface area (Å²) in [5.41, 5.74) is 6.93. The van der Waals surface area contributed by atoms with Crippen LogP contribution in [0.5, 0.6) is 5.75 Å². The Morgan fingerprint density at radius 1 is 1.24 bits per heavy atom. The highest BCUT2D eigenvalue weighted by Gasteiger charge is 2.20. The number of aromatic hydroxyl groups is 1. The molecule has 4 N–H and O–H groups in total. The number of H-pyrrole nitrogens is 2. The average Bonchev–Trinajstić information content (AvgIpc) is 3.57. The van der Waals surface area contributed by atoms with Crippen LogP contribution in [0.4, 0.5) is 0 Å². The minimum Gasteiger partial charge on any atom is -0.508 e. The third-order valence-corrected chi connectivity index (χ3v) is 6.11. The molecule has 0 fully saturated rings. The Hall–Kier alpha value is -3.91. The van der Waals surface area contributed by atoms with E-state index in [0.29, 0.717) is 18.9 Å². The molecule has 1 aliphatic rings. The van der Waals surface area contributed by atoms with Crippen molar-refractivity contribution in [2.45, 2.75) is 13.3 Å². The summed E-state index contributed by atoms with van der Waals surface area (Å²) in [5.74, 6) is 0.991. The van der Waals surface area contributed by atoms with Gasteiger partial charge in [-0.2, -0.15) is 5.10 Å². The number of aromatic nitrogens is 4. The van der Waals surface area contributed by atoms with Crippen molar-refractivity contribution >= 4 is 22.4 Å². The van der Waals surface area contributed by atoms with Crippen LogP contribution in [0.2, 0.25) is 0 Å². The smallest absolute Gasteiger partial charge is 0.233 e. The molecule has 2 aromatic carbocycles. The van der Waals surface area contributed by atoms with Crippen LogP contribution in [0.15, 0.2) is 48.7 Å². The number of hydrogen-bond donors (Lipinski definition) is 4. The van der Waals surface area contributed by atoms with E-state index in [9.17, 15) is 9.90 Å². The van der Waals surface area contributed by atoms with Crippen LogP contribution >= 0.6 is 0 Å². The maximum Gasteiger partial charge on any atom is 0.233 e. The molecule has 0 unspecified atom stereocenters. The van der Waals surface area contributed by atoms with Gasteiger partial charge in [-0.3, -0.25) is 14.8 Å². The highest BCUT2D eigenvalue weighted by atomic mass is 16.3. The van der Waals surface area contributed by atoms with Gasteiger partial charge in [0.15, 0.2) is 5.82 Å². The lowest BCUT2D eigenvalue weighted by Crippen LogP contribution is -2.34. The molecular weight excluding hydrogens is 416 g/mol. The highest BCUT2D eigenvalue weighted by Crippen LogP contribution is 2.32. The second-order valence-electron chi connectivity index (χ2n) is 8.23. The normalized spacial score (nSPS) is 14.1. The largest absolute Gasteiger partial charge is 0.508 e. The van der Waals surface area contributed by atoms with Crippen LogP contribution < -0.4 is 5.32 Å². The molecule has 8 heteroatoms. The summed E-state index contributed by atoms with van der Waals surface area (Å²) in [6.45, 7) is 3.88. The second-order valence-corrected chi connectivity index (χ2v) is 8.23. The second kappa shape index (κ2) is 8.55. The van der Waals surface area contributed by atoms with Crippen LogP contribution in [-0.2, 0) is 11.2 Å². The molecule has 0 aliphatic carbocycles. The average molecular weight is 443 g/mol. The number of fused-ring (bicyclic) bond motifs is 1. The Bertz CT molecular complexity index is 1370. The molecule has 0 bridgehead atoms. The molecule has 0 atom stereocenters. The first-order chi connectivity index (χ1) is 16.1. The van der Waals surface area contributed by atoms with Crippen LogP contribution in [0.25, 0.3) is 39.1 Å². The zero-order valence-corrected chi connectivity index (χ0v) is 18.6. The zero-order chi connectivity index (χ0) is 22.9. The summed E-state index contributed by atoms with van der Waals surface area (Å²) in [6.07, 6.45) is 4.84. The fraction of sp³-hybridized carbons (Fsp3) is 0.240. The number of hydrogen-bond acceptors (Lipinski definition) is 5. The monoisotopic (exact) mass is 442 g/mol. The summed E-state index contributed by atoms with van der Waals surface area (Å²) < 4.78 is 0. The van der Waals surface area contributed by atoms with Gasteiger partial charge in [0, 0.05) is 31.7 Å². The Kier molecular flexibility index (Phi) is 5.43. The number of phenols is 1. The lowest BCUT2D eigenvalue weighted by molar-refractivity contribution is -0.121. The van der Waals surface area contributed by atoms with Gasteiger partial charge in [0.1, 0.15) is 11.4 Å². The van der Waals surface area contributed by atoms with Gasteiger partial charge in [-0.25, -0.2) is 4.98 Å². The lowest BCUT2D eigenvalue weighted by atomic mass is 9.97. The third-order valence-electron chi connectivity index (χ3n) is 6.11. The van der Waals surface area contributed by atoms with E-state index in [0.717, 1.165) is 57.5 Å². The van der Waals surface area contributed by atoms with Crippen molar-refractivity contribution < 1.29 is 9.90 Å². The van der Waals surface area contributed by atoms with Gasteiger partial charge in [-0.1, -0.05) is 25.1 Å². The third kappa shape index (κ3) is 4.01. The van der Waals surface area contributed by atoms with Gasteiger partial charge in [0.05, 0.1) is 17.8 Å². The van der Waals surface area contributed by atoms with E-state index in [2.05, 4.69) is 56.6 Å². The molecule has 33 heavy (non-hydrogen) atoms. The van der Waals surface area contributed by atoms with Crippen LogP contribution in [0, 0.1) is 0 Å². The molecular formula is C25H26N6O2. The lowest BCUT2D eigenvalue weighted by Gasteiger charge is -2.13. The van der Waals surface area contributed by atoms with Crippen molar-refractivity contribution in [3.05, 3.63) is 59.9 Å². The molecule has 5 rings (SSSR count). The zero-order valence-electron chi connectivity index (χ0n) is 18.6. The van der Waals surface area contributed by atoms with Crippen molar-refractivity contribution in [3.8, 4) is 28.4 Å². The quantitative estimate of drug-likeness (QED) is 0.366. The van der Waals surface area contributed by atoms with E-state index in [1.54, 1.807) is 13.1 Å². The molecule has 168 valence electrons. The van der Waals surface area contributed by atoms with Gasteiger partial charge in [0.2, 0.25) is 5.91 Å². The SMILES string of the molecule is CCc1cc(O)ccc1-c1ccc2c(-c3nc(C4=CCN(CC(=O)NC)C4)c[nH]3)n[nH]c2c1. The first kappa shape index (κ1) is 21.0. The Labute approximate surface area is 191 Å². The predicted molar refractivity (Wildman–Crippen MR) is 129 cm³/mol. The first-order valence-electron chi connectivity index (χ1n) is 11.0. The van der Waals surface area contributed by atoms with Gasteiger partial charge < -0.3 is 15.4 Å². The summed E-state index contributed by atoms with van der Waals surface area (Å²) in [7, 11) is 1.65. The number of aryl methyl sites for hydroxylation is 1. The number of nitrogens with zero attached hydrogens (tertiary/aromatic N) is 3. The first-order valence-corrected chi connectivity index (χ1v) is 11.0. The standard InChI is InChI=1S/C25H26N6O2/c1-3-15-10-18(32)5-7-19(15)16-4-6-20-21(11-16)29-30-24(20)25-27-12-22(28-25)17-8-9-31(13-17)14-23(33)26-2/h4-8,10-12,32H,3,9,13-14H2,1-2H3,(H,26,33)(H,27,28)(H,29,30). The summed E-state index contributed by atoms with van der Waals surface area (Å²) in [5, 5.41) is 21.1. The molecule has 2 aromatic heterocycles. The molecule has 1 amide bonds. The summed E-state index contributed by atoms with van der Waals surface area (Å²) >= 11 is 0. The number of benzene rings is 2. The fourth-order valence-electron chi connectivity index (χ4n) is 4.33. The van der Waals surface area contributed by atoms with Crippen LogP contribution in [0.3, 0.4) is 0 Å². The van der Waals surface area contributed by atoms with E-state index >= 15 is 0 Å². The van der Waals surface area contributed by atoms with Crippen molar-refractivity contribution in [1.29, 1.82) is 0 Å². The van der Waals surface area contributed by atoms with E-state index in [1.165, 1.54) is 0 Å². The van der Waals surface area contributed by atoms with Crippen molar-refractivity contribution in [2.24, 2.45) is 0 Å². The molecule has 0 radical (unpaired) electrons. The van der Waals surface area contributed by atoms with Gasteiger partial charge in [0.25, 0.3) is 0 Å². The summed E-state index contributed by atoms with van der Waals surface area (Å²) in [6, 6.07) is 11.7. The minimum absolute atomic E-state index is 0.00749. The molecule has 0 spiro atoms. The van der Waals surface area contributed by atoms with Gasteiger partial charge >= 0.3 is 0 Å². The maximum absolute atomic E-state index is 11.6. The van der Waals surface area contributed by atoms with Crippen LogP contribution in [0.1, 0.15) is 18.2 Å². The van der Waals surface area contributed by atoms with E-state index in [1.807, 2.05) is 18.3 Å². The molecule has 0 saturated heterocycles. The number of carbonyl (C=O) groups excluding carboxylic acids is 1. The van der Waals surface area contributed by atoms with Gasteiger partial charge in [-0.15, -0.1) is 0 Å². The summed E-state index contributed by atoms with van der Waals surface area (Å²) in [4.78, 5) is 21.7. The number of aromatic amines is 2. The van der Waals surface area contributed by atoms with Crippen molar-refractivity contribution in [1.82, 2.24) is 30.4 Å². The van der Waals surface area contributed by atoms with E-state index in [-0.39, 0.29) is 11.7 Å². The topological polar surface area (TPSA) is 110 Å². The number of carbonyl (C=O) groups is 1. The number of likely N-dealkylation sites (N-methyl/N-ethyl adjacent to an activating group) is 1. The molecule has 1 aliphatic heterocycles. The van der Waals surface area contributed by atoms with E-state index < -0.39 is 0 Å². The number of nitrogens with one attached hydrogen (secondary N) is 3. The maximum atomic E-state index is 11.6.